The first-order valence-corrected chi connectivity index (χ1v) is 25.2. The van der Waals surface area contributed by atoms with Gasteiger partial charge in [0.1, 0.15) is 6.04 Å². The molecular weight excluding hydrogens is 1110 g/mol. The molecule has 0 saturated heterocycles. The van der Waals surface area contributed by atoms with Crippen LogP contribution in [0.4, 0.5) is 5.95 Å². The predicted octanol–water partition coefficient (Wildman–Crippen LogP) is -0.343. The highest BCUT2D eigenvalue weighted by Gasteiger charge is 2.36. The number of nitrogens with zero attached hydrogens (tertiary/aromatic N) is 3. The van der Waals surface area contributed by atoms with Crippen molar-refractivity contribution in [1.82, 2.24) is 57.8 Å². The number of nitrogens with one attached hydrogen (secondary N) is 13. The number of hydrogen-bond acceptors (Lipinski definition) is 14. The first-order chi connectivity index (χ1) is 39.5. The van der Waals surface area contributed by atoms with E-state index in [2.05, 4.69) is 42.5 Å². The minimum atomic E-state index is -2.17. The average molecular weight is 1170 g/mol. The maximum absolute atomic E-state index is 14.8. The SMILES string of the molecule is N=C(N)NC(NC(=O)C(NC(=N)N)NC(=O)C(NC(=N)N)NC(=O)C(NC(=N)N)NC(=O)C(NC(=O)C(O)N(Cc1ccc(/C=C/c2ccccc2)cc1)c1nc(-c2ccc(Cl)cc2)cc(-c2ccc(Cl)cc2)n1)c1ccccc1)C(N)=O. The molecule has 1 heterocycles. The van der Waals surface area contributed by atoms with E-state index < -0.39 is 96.2 Å². The second kappa shape index (κ2) is 28.9. The molecule has 0 aliphatic rings. The Hall–Kier alpha value is -10.8. The first kappa shape index (κ1) is 61.4. The molecule has 6 aromatic rings. The van der Waals surface area contributed by atoms with Crippen LogP contribution in [0.1, 0.15) is 28.3 Å². The van der Waals surface area contributed by atoms with Crippen LogP contribution in [0.3, 0.4) is 0 Å². The van der Waals surface area contributed by atoms with Gasteiger partial charge in [-0.3, -0.25) is 50.4 Å². The van der Waals surface area contributed by atoms with Gasteiger partial charge in [-0.1, -0.05) is 145 Å². The lowest BCUT2D eigenvalue weighted by molar-refractivity contribution is -0.136. The standard InChI is InChI=1S/C53H57Cl2N21O7/c54-33-21-17-30(18-22-33)35-25-36(31-19-23-34(55)24-20-31)66-53(65-35)76(26-29-15-13-28(14-16-29)12-11-27-7-3-1-4-8-27)48(83)47(82)67-37(32-9-5-2-6-10-32)43(78)69-40(73-50(59)60)45(80)71-42(75-52(63)64)46(81)70-41(74-51(61)62)44(79)68-39(38(56)77)72-49(57)58/h1-25,37,39-42,48,83H,26H2,(H2,56,77)(H,67,82)(H,68,79)(H,69,78)(H,70,81)(H,71,80)(H4,57,58,72)(H4,59,60,73)(H4,61,62,74)(H4,63,64,75)/b12-11+. The lowest BCUT2D eigenvalue weighted by Crippen LogP contribution is -2.68. The lowest BCUT2D eigenvalue weighted by atomic mass is 10.1. The van der Waals surface area contributed by atoms with Crippen LogP contribution in [0.15, 0.2) is 140 Å². The van der Waals surface area contributed by atoms with Crippen molar-refractivity contribution < 1.29 is 33.9 Å². The van der Waals surface area contributed by atoms with Gasteiger partial charge in [0.2, 0.25) is 18.1 Å². The second-order valence-electron chi connectivity index (χ2n) is 17.7. The Labute approximate surface area is 483 Å². The smallest absolute Gasteiger partial charge is 0.271 e. The number of carbonyl (C=O) groups is 6. The van der Waals surface area contributed by atoms with Gasteiger partial charge in [-0.25, -0.2) is 9.97 Å². The Morgan fingerprint density at radius 1 is 0.482 bits per heavy atom. The summed E-state index contributed by atoms with van der Waals surface area (Å²) in [6, 6.07) is 38.0. The second-order valence-corrected chi connectivity index (χ2v) is 18.6. The molecule has 6 amide bonds. The number of aromatic nitrogens is 2. The molecule has 0 spiro atoms. The Bertz CT molecular complexity index is 3320. The van der Waals surface area contributed by atoms with Crippen LogP contribution >= 0.6 is 23.2 Å². The van der Waals surface area contributed by atoms with Crippen molar-refractivity contribution in [2.45, 2.75) is 43.5 Å². The van der Waals surface area contributed by atoms with Gasteiger partial charge in [-0.15, -0.1) is 0 Å². The van der Waals surface area contributed by atoms with Crippen LogP contribution in [0.2, 0.25) is 10.0 Å². The molecule has 0 bridgehead atoms. The molecule has 83 heavy (non-hydrogen) atoms. The average Bonchev–Trinajstić information content (AvgIpc) is 3.52. The molecule has 28 nitrogen and oxygen atoms in total. The molecule has 0 aliphatic carbocycles. The number of rotatable bonds is 24. The van der Waals surface area contributed by atoms with Crippen LogP contribution in [-0.4, -0.2) is 105 Å². The highest BCUT2D eigenvalue weighted by Crippen LogP contribution is 2.30. The van der Waals surface area contributed by atoms with Crippen LogP contribution in [0.5, 0.6) is 0 Å². The monoisotopic (exact) mass is 1170 g/mol. The third-order valence-electron chi connectivity index (χ3n) is 11.5. The van der Waals surface area contributed by atoms with Crippen LogP contribution < -0.4 is 81.4 Å². The topological polar surface area (TPSA) is 485 Å². The van der Waals surface area contributed by atoms with Gasteiger partial charge < -0.3 is 86.5 Å². The number of hydrogen-bond donors (Lipinski definition) is 19. The van der Waals surface area contributed by atoms with Gasteiger partial charge in [-0.2, -0.15) is 0 Å². The molecule has 0 saturated carbocycles. The summed E-state index contributed by atoms with van der Waals surface area (Å²) in [6.07, 6.45) is -6.37. The van der Waals surface area contributed by atoms with E-state index in [0.717, 1.165) is 11.1 Å². The van der Waals surface area contributed by atoms with Gasteiger partial charge in [0.15, 0.2) is 48.5 Å². The van der Waals surface area contributed by atoms with E-state index in [9.17, 15) is 33.9 Å². The number of primary amides is 1. The molecule has 6 unspecified atom stereocenters. The fourth-order valence-electron chi connectivity index (χ4n) is 7.56. The van der Waals surface area contributed by atoms with Crippen LogP contribution in [0.25, 0.3) is 34.7 Å². The maximum atomic E-state index is 14.8. The fraction of sp³-hybridized carbons (Fsp3) is 0.132. The summed E-state index contributed by atoms with van der Waals surface area (Å²) in [5.41, 5.74) is 31.6. The molecule has 0 aliphatic heterocycles. The number of amides is 6. The van der Waals surface area contributed by atoms with Crippen molar-refractivity contribution in [3.05, 3.63) is 172 Å². The molecule has 0 radical (unpaired) electrons. The molecule has 6 atom stereocenters. The summed E-state index contributed by atoms with van der Waals surface area (Å²) >= 11 is 12.5. The Kier molecular flexibility index (Phi) is 21.3. The maximum Gasteiger partial charge on any atom is 0.271 e. The van der Waals surface area contributed by atoms with Gasteiger partial charge in [0.05, 0.1) is 11.4 Å². The fourth-order valence-corrected chi connectivity index (χ4v) is 7.81. The number of carbonyl (C=O) groups excluding carboxylic acids is 6. The van der Waals surface area contributed by atoms with Crippen molar-refractivity contribution in [2.75, 3.05) is 4.90 Å². The van der Waals surface area contributed by atoms with Crippen molar-refractivity contribution in [1.29, 1.82) is 21.6 Å². The Balaban J connectivity index is 1.32. The molecule has 30 heteroatoms. The highest BCUT2D eigenvalue weighted by molar-refractivity contribution is 6.31. The number of aliphatic hydroxyl groups excluding tert-OH is 1. The van der Waals surface area contributed by atoms with Crippen LogP contribution in [0, 0.1) is 21.6 Å². The highest BCUT2D eigenvalue weighted by atomic mass is 35.5. The third kappa shape index (κ3) is 18.4. The molecule has 6 rings (SSSR count). The van der Waals surface area contributed by atoms with E-state index in [-0.39, 0.29) is 18.1 Å². The number of guanidine groups is 4. The number of halogens is 2. The van der Waals surface area contributed by atoms with E-state index in [1.54, 1.807) is 72.8 Å². The minimum absolute atomic E-state index is 0.110. The molecule has 430 valence electrons. The number of benzene rings is 5. The Morgan fingerprint density at radius 3 is 1.29 bits per heavy atom. The zero-order valence-electron chi connectivity index (χ0n) is 43.5. The van der Waals surface area contributed by atoms with E-state index in [1.165, 1.54) is 29.2 Å². The van der Waals surface area contributed by atoms with Crippen molar-refractivity contribution in [3.8, 4) is 22.5 Å². The number of aliphatic hydroxyl groups is 1. The van der Waals surface area contributed by atoms with E-state index in [4.69, 9.17) is 83.5 Å². The summed E-state index contributed by atoms with van der Waals surface area (Å²) in [5, 5.41) is 63.7. The van der Waals surface area contributed by atoms with Gasteiger partial charge in [0.25, 0.3) is 29.5 Å². The summed E-state index contributed by atoms with van der Waals surface area (Å²) < 4.78 is 0. The zero-order chi connectivity index (χ0) is 60.3. The van der Waals surface area contributed by atoms with Crippen molar-refractivity contribution >= 4 is 101 Å². The van der Waals surface area contributed by atoms with Gasteiger partial charge >= 0.3 is 0 Å². The molecule has 1 aromatic heterocycles. The molecule has 0 fully saturated rings. The normalized spacial score (nSPS) is 13.0. The summed E-state index contributed by atoms with van der Waals surface area (Å²) in [5.74, 6) is -11.3. The third-order valence-corrected chi connectivity index (χ3v) is 12.0. The molecular formula is C53H57Cl2N21O7. The summed E-state index contributed by atoms with van der Waals surface area (Å²) in [4.78, 5) is 93.2. The number of anilines is 1. The lowest BCUT2D eigenvalue weighted by Gasteiger charge is -2.30. The van der Waals surface area contributed by atoms with Crippen molar-refractivity contribution in [2.24, 2.45) is 28.7 Å². The van der Waals surface area contributed by atoms with Gasteiger partial charge in [-0.05, 0) is 52.6 Å². The largest absolute Gasteiger partial charge is 0.370 e. The van der Waals surface area contributed by atoms with E-state index in [0.29, 0.717) is 38.1 Å². The van der Waals surface area contributed by atoms with E-state index >= 15 is 0 Å². The minimum Gasteiger partial charge on any atom is -0.370 e. The van der Waals surface area contributed by atoms with Crippen LogP contribution in [-0.2, 0) is 35.3 Å². The van der Waals surface area contributed by atoms with E-state index in [1.807, 2.05) is 59.9 Å². The first-order valence-electron chi connectivity index (χ1n) is 24.5. The zero-order valence-corrected chi connectivity index (χ0v) is 45.0. The van der Waals surface area contributed by atoms with Crippen molar-refractivity contribution in [3.63, 3.8) is 0 Å². The summed E-state index contributed by atoms with van der Waals surface area (Å²) in [6.45, 7) is -0.196. The van der Waals surface area contributed by atoms with Gasteiger partial charge in [0, 0.05) is 27.7 Å². The number of nitrogens with two attached hydrogens (primary N) is 5. The predicted molar refractivity (Wildman–Crippen MR) is 311 cm³/mol. The molecule has 24 N–H and O–H groups in total. The Morgan fingerprint density at radius 2 is 0.867 bits per heavy atom. The molecule has 5 aromatic carbocycles. The quantitative estimate of drug-likeness (QED) is 0.0159. The summed E-state index contributed by atoms with van der Waals surface area (Å²) in [7, 11) is 0.